The van der Waals surface area contributed by atoms with Gasteiger partial charge >= 0.3 is 12.0 Å². The van der Waals surface area contributed by atoms with E-state index in [0.29, 0.717) is 25.9 Å². The first-order valence-corrected chi connectivity index (χ1v) is 7.51. The van der Waals surface area contributed by atoms with Gasteiger partial charge in [0.05, 0.1) is 5.41 Å². The molecule has 1 heterocycles. The van der Waals surface area contributed by atoms with Crippen molar-refractivity contribution in [3.8, 4) is 0 Å². The van der Waals surface area contributed by atoms with Crippen LogP contribution in [0.4, 0.5) is 4.79 Å². The predicted molar refractivity (Wildman–Crippen MR) is 76.5 cm³/mol. The highest BCUT2D eigenvalue weighted by Crippen LogP contribution is 2.35. The molecule has 5 nitrogen and oxygen atoms in total. The fourth-order valence-electron chi connectivity index (χ4n) is 3.20. The SMILES string of the molecule is CCCC1(C(=O)O)CCN(C(=O)NC2CC=CCC2)C1. The van der Waals surface area contributed by atoms with Gasteiger partial charge in [-0.25, -0.2) is 4.79 Å². The molecule has 20 heavy (non-hydrogen) atoms. The van der Waals surface area contributed by atoms with Crippen LogP contribution in [0, 0.1) is 5.41 Å². The molecule has 0 bridgehead atoms. The van der Waals surface area contributed by atoms with Gasteiger partial charge in [0.25, 0.3) is 0 Å². The molecule has 2 N–H and O–H groups in total. The van der Waals surface area contributed by atoms with Crippen LogP contribution in [0.5, 0.6) is 0 Å². The van der Waals surface area contributed by atoms with Gasteiger partial charge in [0.1, 0.15) is 0 Å². The molecule has 1 fully saturated rings. The standard InChI is InChI=1S/C15H24N2O3/c1-2-8-15(13(18)19)9-10-17(11-15)14(20)16-12-6-4-3-5-7-12/h3-4,12H,2,5-11H2,1H3,(H,16,20)(H,18,19). The Labute approximate surface area is 120 Å². The Hall–Kier alpha value is -1.52. The van der Waals surface area contributed by atoms with Crippen molar-refractivity contribution in [1.82, 2.24) is 10.2 Å². The number of likely N-dealkylation sites (tertiary alicyclic amines) is 1. The van der Waals surface area contributed by atoms with Crippen LogP contribution < -0.4 is 5.32 Å². The number of urea groups is 1. The van der Waals surface area contributed by atoms with E-state index in [0.717, 1.165) is 25.7 Å². The predicted octanol–water partition coefficient (Wildman–Crippen LogP) is 2.38. The fourth-order valence-corrected chi connectivity index (χ4v) is 3.20. The monoisotopic (exact) mass is 280 g/mol. The maximum atomic E-state index is 12.2. The summed E-state index contributed by atoms with van der Waals surface area (Å²) < 4.78 is 0. The van der Waals surface area contributed by atoms with Gasteiger partial charge < -0.3 is 15.3 Å². The summed E-state index contributed by atoms with van der Waals surface area (Å²) in [7, 11) is 0. The molecular weight excluding hydrogens is 256 g/mol. The molecule has 112 valence electrons. The van der Waals surface area contributed by atoms with Crippen molar-refractivity contribution in [2.24, 2.45) is 5.41 Å². The molecule has 0 aromatic heterocycles. The van der Waals surface area contributed by atoms with Crippen LogP contribution in [0.1, 0.15) is 45.4 Å². The van der Waals surface area contributed by atoms with Gasteiger partial charge in [0.2, 0.25) is 0 Å². The molecule has 2 atom stereocenters. The number of amides is 2. The van der Waals surface area contributed by atoms with Gasteiger partial charge in [-0.1, -0.05) is 25.5 Å². The molecule has 2 unspecified atom stereocenters. The molecule has 0 aromatic carbocycles. The van der Waals surface area contributed by atoms with E-state index < -0.39 is 11.4 Å². The molecule has 1 aliphatic carbocycles. The molecule has 0 saturated carbocycles. The number of nitrogens with one attached hydrogen (secondary N) is 1. The molecule has 1 saturated heterocycles. The van der Waals surface area contributed by atoms with Crippen LogP contribution in [0.2, 0.25) is 0 Å². The number of carboxylic acids is 1. The largest absolute Gasteiger partial charge is 0.481 e. The van der Waals surface area contributed by atoms with E-state index in [1.807, 2.05) is 6.92 Å². The first-order valence-electron chi connectivity index (χ1n) is 7.51. The van der Waals surface area contributed by atoms with E-state index in [1.54, 1.807) is 4.90 Å². The summed E-state index contributed by atoms with van der Waals surface area (Å²) >= 11 is 0. The Bertz CT molecular complexity index is 408. The van der Waals surface area contributed by atoms with E-state index in [2.05, 4.69) is 17.5 Å². The normalized spacial score (nSPS) is 29.4. The lowest BCUT2D eigenvalue weighted by atomic mass is 9.83. The van der Waals surface area contributed by atoms with Crippen LogP contribution in [0.15, 0.2) is 12.2 Å². The molecule has 0 spiro atoms. The van der Waals surface area contributed by atoms with Gasteiger partial charge in [-0.2, -0.15) is 0 Å². The highest BCUT2D eigenvalue weighted by atomic mass is 16.4. The van der Waals surface area contributed by atoms with Crippen LogP contribution in [-0.4, -0.2) is 41.1 Å². The zero-order chi connectivity index (χ0) is 14.6. The Morgan fingerprint density at radius 1 is 1.45 bits per heavy atom. The van der Waals surface area contributed by atoms with Gasteiger partial charge in [-0.3, -0.25) is 4.79 Å². The number of nitrogens with zero attached hydrogens (tertiary/aromatic N) is 1. The van der Waals surface area contributed by atoms with Crippen LogP contribution in [0.25, 0.3) is 0 Å². The highest BCUT2D eigenvalue weighted by Gasteiger charge is 2.45. The van der Waals surface area contributed by atoms with E-state index in [9.17, 15) is 14.7 Å². The Morgan fingerprint density at radius 2 is 2.25 bits per heavy atom. The summed E-state index contributed by atoms with van der Waals surface area (Å²) in [6.45, 7) is 2.87. The number of rotatable bonds is 4. The van der Waals surface area contributed by atoms with Gasteiger partial charge in [-0.05, 0) is 32.1 Å². The molecule has 5 heteroatoms. The number of aliphatic carboxylic acids is 1. The minimum Gasteiger partial charge on any atom is -0.481 e. The number of carbonyl (C=O) groups is 2. The van der Waals surface area contributed by atoms with Crippen molar-refractivity contribution >= 4 is 12.0 Å². The third kappa shape index (κ3) is 3.14. The molecule has 0 aromatic rings. The van der Waals surface area contributed by atoms with Crippen molar-refractivity contribution in [2.45, 2.75) is 51.5 Å². The first kappa shape index (κ1) is 14.9. The number of carbonyl (C=O) groups excluding carboxylic acids is 1. The molecule has 2 rings (SSSR count). The average molecular weight is 280 g/mol. The smallest absolute Gasteiger partial charge is 0.317 e. The summed E-state index contributed by atoms with van der Waals surface area (Å²) in [5, 5.41) is 12.5. The molecule has 1 aliphatic heterocycles. The van der Waals surface area contributed by atoms with Gasteiger partial charge in [0, 0.05) is 19.1 Å². The summed E-state index contributed by atoms with van der Waals surface area (Å²) in [6, 6.07) is 0.0861. The number of carboxylic acid groups (broad SMARTS) is 1. The first-order chi connectivity index (χ1) is 9.57. The lowest BCUT2D eigenvalue weighted by Gasteiger charge is -2.26. The summed E-state index contributed by atoms with van der Waals surface area (Å²) in [4.78, 5) is 25.4. The molecule has 2 amide bonds. The number of allylic oxidation sites excluding steroid dienone is 1. The molecular formula is C15H24N2O3. The number of hydrogen-bond donors (Lipinski definition) is 2. The minimum atomic E-state index is -0.768. The second-order valence-corrected chi connectivity index (χ2v) is 5.94. The lowest BCUT2D eigenvalue weighted by molar-refractivity contribution is -0.148. The van der Waals surface area contributed by atoms with E-state index in [1.165, 1.54) is 0 Å². The van der Waals surface area contributed by atoms with Crippen LogP contribution >= 0.6 is 0 Å². The maximum Gasteiger partial charge on any atom is 0.317 e. The van der Waals surface area contributed by atoms with Crippen molar-refractivity contribution in [3.63, 3.8) is 0 Å². The summed E-state index contributed by atoms with van der Waals surface area (Å²) in [5.74, 6) is -0.768. The van der Waals surface area contributed by atoms with Gasteiger partial charge in [0.15, 0.2) is 0 Å². The third-order valence-corrected chi connectivity index (χ3v) is 4.42. The van der Waals surface area contributed by atoms with Crippen molar-refractivity contribution in [1.29, 1.82) is 0 Å². The van der Waals surface area contributed by atoms with E-state index in [-0.39, 0.29) is 12.1 Å². The molecule has 2 aliphatic rings. The third-order valence-electron chi connectivity index (χ3n) is 4.42. The van der Waals surface area contributed by atoms with Crippen molar-refractivity contribution < 1.29 is 14.7 Å². The molecule has 0 radical (unpaired) electrons. The van der Waals surface area contributed by atoms with E-state index in [4.69, 9.17) is 0 Å². The average Bonchev–Trinajstić information content (AvgIpc) is 2.86. The van der Waals surface area contributed by atoms with Crippen molar-refractivity contribution in [3.05, 3.63) is 12.2 Å². The van der Waals surface area contributed by atoms with Crippen LogP contribution in [0.3, 0.4) is 0 Å². The minimum absolute atomic E-state index is 0.107. The van der Waals surface area contributed by atoms with Crippen molar-refractivity contribution in [2.75, 3.05) is 13.1 Å². The highest BCUT2D eigenvalue weighted by molar-refractivity contribution is 5.80. The summed E-state index contributed by atoms with van der Waals surface area (Å²) in [5.41, 5.74) is -0.738. The quantitative estimate of drug-likeness (QED) is 0.777. The lowest BCUT2D eigenvalue weighted by Crippen LogP contribution is -2.45. The Balaban J connectivity index is 1.92. The Kier molecular flexibility index (Phi) is 4.68. The Morgan fingerprint density at radius 3 is 2.85 bits per heavy atom. The second-order valence-electron chi connectivity index (χ2n) is 5.94. The maximum absolute atomic E-state index is 12.2. The second kappa shape index (κ2) is 6.29. The van der Waals surface area contributed by atoms with Gasteiger partial charge in [-0.15, -0.1) is 0 Å². The zero-order valence-electron chi connectivity index (χ0n) is 12.1. The topological polar surface area (TPSA) is 69.6 Å². The summed E-state index contributed by atoms with van der Waals surface area (Å²) in [6.07, 6.45) is 9.10. The van der Waals surface area contributed by atoms with Crippen LogP contribution in [-0.2, 0) is 4.79 Å². The number of hydrogen-bond acceptors (Lipinski definition) is 2. The zero-order valence-corrected chi connectivity index (χ0v) is 12.1. The van der Waals surface area contributed by atoms with E-state index >= 15 is 0 Å². The fraction of sp³-hybridized carbons (Fsp3) is 0.733.